The number of amides is 1. The zero-order valence-corrected chi connectivity index (χ0v) is 11.4. The summed E-state index contributed by atoms with van der Waals surface area (Å²) in [5.41, 5.74) is 0. The molecule has 1 atom stereocenters. The molecular weight excluding hydrogens is 216 g/mol. The molecule has 4 heteroatoms. The minimum absolute atomic E-state index is 0.237. The highest BCUT2D eigenvalue weighted by molar-refractivity contribution is 5.76. The molecule has 1 N–H and O–H groups in total. The minimum atomic E-state index is 0.237. The molecule has 1 heterocycles. The highest BCUT2D eigenvalue weighted by Gasteiger charge is 2.25. The maximum atomic E-state index is 12.1. The lowest BCUT2D eigenvalue weighted by molar-refractivity contribution is -0.134. The van der Waals surface area contributed by atoms with Gasteiger partial charge in [0.1, 0.15) is 0 Å². The van der Waals surface area contributed by atoms with Gasteiger partial charge in [-0.1, -0.05) is 13.8 Å². The van der Waals surface area contributed by atoms with E-state index in [9.17, 15) is 4.79 Å². The third kappa shape index (κ3) is 5.04. The van der Waals surface area contributed by atoms with Crippen molar-refractivity contribution in [2.45, 2.75) is 39.2 Å². The van der Waals surface area contributed by atoms with Crippen molar-refractivity contribution in [1.29, 1.82) is 0 Å². The molecule has 1 unspecified atom stereocenters. The van der Waals surface area contributed by atoms with Crippen LogP contribution in [0, 0.1) is 5.92 Å². The van der Waals surface area contributed by atoms with E-state index in [1.54, 1.807) is 7.11 Å². The molecule has 1 fully saturated rings. The third-order valence-electron chi connectivity index (χ3n) is 3.16. The first-order chi connectivity index (χ1) is 8.15. The highest BCUT2D eigenvalue weighted by Crippen LogP contribution is 2.15. The van der Waals surface area contributed by atoms with Crippen molar-refractivity contribution in [2.24, 2.45) is 5.92 Å². The summed E-state index contributed by atoms with van der Waals surface area (Å²) in [5, 5.41) is 3.42. The van der Waals surface area contributed by atoms with E-state index in [4.69, 9.17) is 4.74 Å². The van der Waals surface area contributed by atoms with E-state index in [0.29, 0.717) is 25.0 Å². The molecule has 0 spiro atoms. The van der Waals surface area contributed by atoms with Gasteiger partial charge in [-0.15, -0.1) is 0 Å². The lowest BCUT2D eigenvalue weighted by Crippen LogP contribution is -2.44. The Morgan fingerprint density at radius 3 is 2.94 bits per heavy atom. The average Bonchev–Trinajstić information content (AvgIpc) is 2.50. The van der Waals surface area contributed by atoms with Crippen molar-refractivity contribution in [3.63, 3.8) is 0 Å². The molecule has 0 radical (unpaired) electrons. The quantitative estimate of drug-likeness (QED) is 0.789. The monoisotopic (exact) mass is 242 g/mol. The number of methoxy groups -OCH3 is 1. The molecule has 1 rings (SSSR count). The lowest BCUT2D eigenvalue weighted by Gasteiger charge is -2.31. The van der Waals surface area contributed by atoms with E-state index in [2.05, 4.69) is 24.1 Å². The molecule has 0 aromatic rings. The molecule has 4 nitrogen and oxygen atoms in total. The Morgan fingerprint density at radius 2 is 2.29 bits per heavy atom. The van der Waals surface area contributed by atoms with E-state index in [0.717, 1.165) is 32.5 Å². The van der Waals surface area contributed by atoms with Crippen LogP contribution >= 0.6 is 0 Å². The van der Waals surface area contributed by atoms with Crippen LogP contribution in [-0.2, 0) is 9.53 Å². The van der Waals surface area contributed by atoms with Crippen LogP contribution in [0.2, 0.25) is 0 Å². The number of nitrogens with zero attached hydrogens (tertiary/aromatic N) is 1. The van der Waals surface area contributed by atoms with Gasteiger partial charge in [0.05, 0.1) is 13.0 Å². The average molecular weight is 242 g/mol. The number of hydrogen-bond donors (Lipinski definition) is 1. The second-order valence-electron chi connectivity index (χ2n) is 5.17. The molecule has 1 amide bonds. The second-order valence-corrected chi connectivity index (χ2v) is 5.17. The standard InChI is InChI=1S/C13H26N2O2/c1-11(2)9-12-10-14-6-4-7-15(12)13(16)5-8-17-3/h11-12,14H,4-10H2,1-3H3. The lowest BCUT2D eigenvalue weighted by atomic mass is 10.0. The summed E-state index contributed by atoms with van der Waals surface area (Å²) in [5.74, 6) is 0.860. The first kappa shape index (κ1) is 14.5. The summed E-state index contributed by atoms with van der Waals surface area (Å²) in [6.07, 6.45) is 2.63. The van der Waals surface area contributed by atoms with E-state index in [1.807, 2.05) is 0 Å². The Labute approximate surface area is 105 Å². The van der Waals surface area contributed by atoms with Gasteiger partial charge in [0.15, 0.2) is 0 Å². The van der Waals surface area contributed by atoms with Gasteiger partial charge in [-0.25, -0.2) is 0 Å². The molecule has 1 saturated heterocycles. The normalized spacial score (nSPS) is 21.6. The molecule has 1 aliphatic heterocycles. The Balaban J connectivity index is 2.57. The Morgan fingerprint density at radius 1 is 1.53 bits per heavy atom. The zero-order valence-electron chi connectivity index (χ0n) is 11.4. The van der Waals surface area contributed by atoms with E-state index in [1.165, 1.54) is 0 Å². The summed E-state index contributed by atoms with van der Waals surface area (Å²) in [6, 6.07) is 0.349. The van der Waals surface area contributed by atoms with Crippen molar-refractivity contribution >= 4 is 5.91 Å². The fraction of sp³-hybridized carbons (Fsp3) is 0.923. The van der Waals surface area contributed by atoms with Crippen LogP contribution in [0.5, 0.6) is 0 Å². The van der Waals surface area contributed by atoms with Gasteiger partial charge in [-0.2, -0.15) is 0 Å². The van der Waals surface area contributed by atoms with Gasteiger partial charge in [-0.3, -0.25) is 4.79 Å². The van der Waals surface area contributed by atoms with Crippen molar-refractivity contribution in [2.75, 3.05) is 33.4 Å². The second kappa shape index (κ2) is 7.67. The van der Waals surface area contributed by atoms with Crippen LogP contribution in [0.3, 0.4) is 0 Å². The highest BCUT2D eigenvalue weighted by atomic mass is 16.5. The molecule has 0 bridgehead atoms. The molecule has 0 aromatic carbocycles. The summed E-state index contributed by atoms with van der Waals surface area (Å²) in [7, 11) is 1.64. The van der Waals surface area contributed by atoms with Crippen molar-refractivity contribution in [1.82, 2.24) is 10.2 Å². The van der Waals surface area contributed by atoms with Crippen LogP contribution in [0.15, 0.2) is 0 Å². The smallest absolute Gasteiger partial charge is 0.225 e. The number of rotatable bonds is 5. The number of hydrogen-bond acceptors (Lipinski definition) is 3. The van der Waals surface area contributed by atoms with Crippen LogP contribution in [0.25, 0.3) is 0 Å². The zero-order chi connectivity index (χ0) is 12.7. The third-order valence-corrected chi connectivity index (χ3v) is 3.16. The summed E-state index contributed by atoms with van der Waals surface area (Å²) in [4.78, 5) is 14.2. The largest absolute Gasteiger partial charge is 0.384 e. The Hall–Kier alpha value is -0.610. The minimum Gasteiger partial charge on any atom is -0.384 e. The summed E-state index contributed by atoms with van der Waals surface area (Å²) in [6.45, 7) is 7.77. The topological polar surface area (TPSA) is 41.6 Å². The molecule has 17 heavy (non-hydrogen) atoms. The van der Waals surface area contributed by atoms with Crippen molar-refractivity contribution < 1.29 is 9.53 Å². The predicted octanol–water partition coefficient (Wildman–Crippen LogP) is 1.26. The van der Waals surface area contributed by atoms with E-state index < -0.39 is 0 Å². The molecule has 0 aliphatic carbocycles. The van der Waals surface area contributed by atoms with E-state index >= 15 is 0 Å². The maximum Gasteiger partial charge on any atom is 0.225 e. The van der Waals surface area contributed by atoms with Gasteiger partial charge in [0, 0.05) is 26.2 Å². The number of carbonyl (C=O) groups excluding carboxylic acids is 1. The van der Waals surface area contributed by atoms with Crippen molar-refractivity contribution in [3.8, 4) is 0 Å². The first-order valence-electron chi connectivity index (χ1n) is 6.64. The summed E-state index contributed by atoms with van der Waals surface area (Å²) >= 11 is 0. The van der Waals surface area contributed by atoms with Gasteiger partial charge in [-0.05, 0) is 25.3 Å². The van der Waals surface area contributed by atoms with Crippen LogP contribution in [0.4, 0.5) is 0 Å². The van der Waals surface area contributed by atoms with Crippen molar-refractivity contribution in [3.05, 3.63) is 0 Å². The van der Waals surface area contributed by atoms with Gasteiger partial charge in [0.2, 0.25) is 5.91 Å². The maximum absolute atomic E-state index is 12.1. The van der Waals surface area contributed by atoms with Crippen LogP contribution < -0.4 is 5.32 Å². The number of nitrogens with one attached hydrogen (secondary N) is 1. The number of carbonyl (C=O) groups is 1. The van der Waals surface area contributed by atoms with Gasteiger partial charge < -0.3 is 15.0 Å². The molecular formula is C13H26N2O2. The fourth-order valence-electron chi connectivity index (χ4n) is 2.35. The molecule has 1 aliphatic rings. The predicted molar refractivity (Wildman–Crippen MR) is 68.9 cm³/mol. The molecule has 0 saturated carbocycles. The fourth-order valence-corrected chi connectivity index (χ4v) is 2.35. The van der Waals surface area contributed by atoms with Gasteiger partial charge >= 0.3 is 0 Å². The molecule has 0 aromatic heterocycles. The van der Waals surface area contributed by atoms with Crippen LogP contribution in [0.1, 0.15) is 33.1 Å². The SMILES string of the molecule is COCCC(=O)N1CCCNCC1CC(C)C. The Kier molecular flexibility index (Phi) is 6.52. The van der Waals surface area contributed by atoms with E-state index in [-0.39, 0.29) is 5.91 Å². The summed E-state index contributed by atoms with van der Waals surface area (Å²) < 4.78 is 4.99. The van der Waals surface area contributed by atoms with Crippen LogP contribution in [-0.4, -0.2) is 50.2 Å². The first-order valence-corrected chi connectivity index (χ1v) is 6.64. The Bertz CT molecular complexity index is 231. The van der Waals surface area contributed by atoms with Gasteiger partial charge in [0.25, 0.3) is 0 Å². The number of ether oxygens (including phenoxy) is 1. The molecule has 100 valence electrons.